The summed E-state index contributed by atoms with van der Waals surface area (Å²) in [7, 11) is 0. The van der Waals surface area contributed by atoms with Crippen LogP contribution in [0.5, 0.6) is 0 Å². The van der Waals surface area contributed by atoms with Gasteiger partial charge in [0.25, 0.3) is 0 Å². The Kier molecular flexibility index (Phi) is 4.17. The van der Waals surface area contributed by atoms with Gasteiger partial charge in [-0.15, -0.1) is 5.10 Å². The van der Waals surface area contributed by atoms with Gasteiger partial charge in [-0.25, -0.2) is 0 Å². The molecule has 0 atom stereocenters. The third-order valence-electron chi connectivity index (χ3n) is 2.90. The van der Waals surface area contributed by atoms with Crippen molar-refractivity contribution in [1.29, 1.82) is 0 Å². The summed E-state index contributed by atoms with van der Waals surface area (Å²) in [5, 5.41) is 15.7. The highest BCUT2D eigenvalue weighted by molar-refractivity contribution is 9.10. The number of aromatic nitrogens is 4. The lowest BCUT2D eigenvalue weighted by Gasteiger charge is -2.09. The van der Waals surface area contributed by atoms with Crippen LogP contribution in [0, 0.1) is 0 Å². The lowest BCUT2D eigenvalue weighted by atomic mass is 10.3. The average molecular weight is 365 g/mol. The lowest BCUT2D eigenvalue weighted by molar-refractivity contribution is 0.768. The maximum Gasteiger partial charge on any atom is 0.175 e. The second kappa shape index (κ2) is 6.24. The predicted molar refractivity (Wildman–Crippen MR) is 85.6 cm³/mol. The quantitative estimate of drug-likeness (QED) is 0.767. The van der Waals surface area contributed by atoms with E-state index >= 15 is 0 Å². The number of para-hydroxylation sites is 1. The second-order valence-electron chi connectivity index (χ2n) is 4.32. The van der Waals surface area contributed by atoms with E-state index < -0.39 is 0 Å². The Hall–Kier alpha value is -1.92. The van der Waals surface area contributed by atoms with E-state index in [9.17, 15) is 0 Å². The van der Waals surface area contributed by atoms with Gasteiger partial charge >= 0.3 is 0 Å². The van der Waals surface area contributed by atoms with E-state index in [-0.39, 0.29) is 0 Å². The van der Waals surface area contributed by atoms with E-state index in [2.05, 4.69) is 36.8 Å². The molecule has 0 saturated heterocycles. The topological polar surface area (TPSA) is 55.6 Å². The molecule has 5 nitrogen and oxygen atoms in total. The van der Waals surface area contributed by atoms with Crippen molar-refractivity contribution in [1.82, 2.24) is 20.2 Å². The van der Waals surface area contributed by atoms with E-state index in [1.807, 2.05) is 48.5 Å². The van der Waals surface area contributed by atoms with Gasteiger partial charge in [-0.2, -0.15) is 4.68 Å². The summed E-state index contributed by atoms with van der Waals surface area (Å²) in [4.78, 5) is 0. The Morgan fingerprint density at radius 1 is 1.14 bits per heavy atom. The Bertz CT molecular complexity index is 744. The summed E-state index contributed by atoms with van der Waals surface area (Å²) >= 11 is 9.48. The summed E-state index contributed by atoms with van der Waals surface area (Å²) in [6.07, 6.45) is 0. The maximum atomic E-state index is 6.00. The molecule has 0 aliphatic heterocycles. The van der Waals surface area contributed by atoms with Gasteiger partial charge in [0.15, 0.2) is 5.82 Å². The van der Waals surface area contributed by atoms with Gasteiger partial charge in [0.1, 0.15) is 0 Å². The minimum Gasteiger partial charge on any atom is -0.377 e. The molecule has 0 aliphatic rings. The van der Waals surface area contributed by atoms with E-state index in [1.54, 1.807) is 4.68 Å². The van der Waals surface area contributed by atoms with Crippen LogP contribution in [0.25, 0.3) is 5.69 Å². The molecule has 1 N–H and O–H groups in total. The summed E-state index contributed by atoms with van der Waals surface area (Å²) in [5.41, 5.74) is 1.81. The standard InChI is InChI=1S/C14H11BrClN5/c15-12-7-6-10(16)8-13(12)17-9-14-18-19-20-21(14)11-4-2-1-3-5-11/h1-8,17H,9H2. The molecule has 0 fully saturated rings. The molecule has 0 radical (unpaired) electrons. The first kappa shape index (κ1) is 14.0. The Balaban J connectivity index is 1.81. The third kappa shape index (κ3) is 3.22. The number of hydrogen-bond acceptors (Lipinski definition) is 4. The molecule has 2 aromatic carbocycles. The maximum absolute atomic E-state index is 6.00. The SMILES string of the molecule is Clc1ccc(Br)c(NCc2nnnn2-c2ccccc2)c1. The van der Waals surface area contributed by atoms with Gasteiger partial charge < -0.3 is 5.32 Å². The minimum absolute atomic E-state index is 0.487. The number of rotatable bonds is 4. The second-order valence-corrected chi connectivity index (χ2v) is 5.61. The van der Waals surface area contributed by atoms with Gasteiger partial charge in [-0.1, -0.05) is 29.8 Å². The number of nitrogens with zero attached hydrogens (tertiary/aromatic N) is 4. The van der Waals surface area contributed by atoms with Crippen LogP contribution in [0.3, 0.4) is 0 Å². The number of nitrogens with one attached hydrogen (secondary N) is 1. The largest absolute Gasteiger partial charge is 0.377 e. The highest BCUT2D eigenvalue weighted by atomic mass is 79.9. The van der Waals surface area contributed by atoms with E-state index in [0.29, 0.717) is 17.4 Å². The number of tetrazole rings is 1. The molecule has 3 aromatic rings. The van der Waals surface area contributed by atoms with Crippen molar-refractivity contribution < 1.29 is 0 Å². The van der Waals surface area contributed by atoms with Crippen LogP contribution in [0.15, 0.2) is 53.0 Å². The fourth-order valence-corrected chi connectivity index (χ4v) is 2.45. The Labute approximate surface area is 135 Å². The predicted octanol–water partition coefficient (Wildman–Crippen LogP) is 3.69. The van der Waals surface area contributed by atoms with Crippen molar-refractivity contribution in [2.45, 2.75) is 6.54 Å². The molecular formula is C14H11BrClN5. The van der Waals surface area contributed by atoms with E-state index in [1.165, 1.54) is 0 Å². The molecule has 0 unspecified atom stereocenters. The molecule has 0 aliphatic carbocycles. The third-order valence-corrected chi connectivity index (χ3v) is 3.83. The van der Waals surface area contributed by atoms with Crippen molar-refractivity contribution >= 4 is 33.2 Å². The van der Waals surface area contributed by atoms with Crippen molar-refractivity contribution in [3.05, 3.63) is 63.9 Å². The highest BCUT2D eigenvalue weighted by Crippen LogP contribution is 2.26. The average Bonchev–Trinajstić information content (AvgIpc) is 2.97. The molecule has 0 bridgehead atoms. The molecule has 1 aromatic heterocycles. The summed E-state index contributed by atoms with van der Waals surface area (Å²) in [6, 6.07) is 15.3. The van der Waals surface area contributed by atoms with Crippen LogP contribution in [0.1, 0.15) is 5.82 Å². The van der Waals surface area contributed by atoms with Gasteiger partial charge in [0.05, 0.1) is 17.9 Å². The number of hydrogen-bond donors (Lipinski definition) is 1. The van der Waals surface area contributed by atoms with Gasteiger partial charge in [0, 0.05) is 9.50 Å². The molecule has 3 rings (SSSR count). The number of benzene rings is 2. The zero-order chi connectivity index (χ0) is 14.7. The molecule has 0 amide bonds. The van der Waals surface area contributed by atoms with Crippen LogP contribution in [0.2, 0.25) is 5.02 Å². The fraction of sp³-hybridized carbons (Fsp3) is 0.0714. The number of anilines is 1. The Morgan fingerprint density at radius 3 is 2.76 bits per heavy atom. The normalized spacial score (nSPS) is 10.6. The van der Waals surface area contributed by atoms with Crippen molar-refractivity contribution in [3.8, 4) is 5.69 Å². The van der Waals surface area contributed by atoms with E-state index in [4.69, 9.17) is 11.6 Å². The van der Waals surface area contributed by atoms with Crippen molar-refractivity contribution in [2.75, 3.05) is 5.32 Å². The van der Waals surface area contributed by atoms with Crippen LogP contribution in [0.4, 0.5) is 5.69 Å². The minimum atomic E-state index is 0.487. The van der Waals surface area contributed by atoms with Crippen LogP contribution < -0.4 is 5.32 Å². The van der Waals surface area contributed by atoms with Gasteiger partial charge in [0.2, 0.25) is 0 Å². The molecule has 106 valence electrons. The first-order valence-corrected chi connectivity index (χ1v) is 7.43. The molecule has 21 heavy (non-hydrogen) atoms. The molecule has 0 saturated carbocycles. The smallest absolute Gasteiger partial charge is 0.175 e. The molecule has 1 heterocycles. The van der Waals surface area contributed by atoms with Crippen LogP contribution in [-0.4, -0.2) is 20.2 Å². The summed E-state index contributed by atoms with van der Waals surface area (Å²) in [6.45, 7) is 0.487. The van der Waals surface area contributed by atoms with E-state index in [0.717, 1.165) is 15.8 Å². The summed E-state index contributed by atoms with van der Waals surface area (Å²) < 4.78 is 2.64. The summed E-state index contributed by atoms with van der Waals surface area (Å²) in [5.74, 6) is 0.716. The van der Waals surface area contributed by atoms with Gasteiger partial charge in [-0.05, 0) is 56.7 Å². The first-order chi connectivity index (χ1) is 10.2. The van der Waals surface area contributed by atoms with Crippen LogP contribution >= 0.6 is 27.5 Å². The lowest BCUT2D eigenvalue weighted by Crippen LogP contribution is -2.08. The zero-order valence-corrected chi connectivity index (χ0v) is 13.2. The molecular weight excluding hydrogens is 354 g/mol. The van der Waals surface area contributed by atoms with Crippen molar-refractivity contribution in [3.63, 3.8) is 0 Å². The zero-order valence-electron chi connectivity index (χ0n) is 10.9. The molecule has 0 spiro atoms. The Morgan fingerprint density at radius 2 is 1.95 bits per heavy atom. The first-order valence-electron chi connectivity index (χ1n) is 6.25. The monoisotopic (exact) mass is 363 g/mol. The van der Waals surface area contributed by atoms with Crippen molar-refractivity contribution in [2.24, 2.45) is 0 Å². The number of halogens is 2. The van der Waals surface area contributed by atoms with Crippen LogP contribution in [-0.2, 0) is 6.54 Å². The fourth-order valence-electron chi connectivity index (χ4n) is 1.89. The van der Waals surface area contributed by atoms with Gasteiger partial charge in [-0.3, -0.25) is 0 Å². The molecule has 7 heteroatoms. The highest BCUT2D eigenvalue weighted by Gasteiger charge is 2.08.